The molecule has 1 aromatic rings. The van der Waals surface area contributed by atoms with Crippen LogP contribution in [0.5, 0.6) is 0 Å². The molecule has 4 heteroatoms. The minimum Gasteiger partial charge on any atom is -0.392 e. The van der Waals surface area contributed by atoms with Crippen molar-refractivity contribution in [3.05, 3.63) is 18.2 Å². The van der Waals surface area contributed by atoms with Gasteiger partial charge < -0.3 is 15.4 Å². The number of hydrogen-bond acceptors (Lipinski definition) is 3. The summed E-state index contributed by atoms with van der Waals surface area (Å²) in [5.74, 6) is 0.925. The van der Waals surface area contributed by atoms with Gasteiger partial charge in [-0.15, -0.1) is 0 Å². The molecular formula is C8H13N3O. The van der Waals surface area contributed by atoms with E-state index in [0.29, 0.717) is 6.54 Å². The van der Waals surface area contributed by atoms with E-state index in [4.69, 9.17) is 0 Å². The number of aromatic nitrogens is 2. The van der Waals surface area contributed by atoms with Crippen molar-refractivity contribution in [3.63, 3.8) is 0 Å². The van der Waals surface area contributed by atoms with Gasteiger partial charge in [0.1, 0.15) is 5.82 Å². The molecule has 1 fully saturated rings. The van der Waals surface area contributed by atoms with Gasteiger partial charge in [-0.1, -0.05) is 0 Å². The molecule has 4 nitrogen and oxygen atoms in total. The lowest BCUT2D eigenvalue weighted by Crippen LogP contribution is -2.47. The van der Waals surface area contributed by atoms with Gasteiger partial charge in [0.15, 0.2) is 0 Å². The number of nitrogens with zero attached hydrogens (tertiary/aromatic N) is 1. The van der Waals surface area contributed by atoms with Crippen LogP contribution >= 0.6 is 0 Å². The molecule has 0 aliphatic heterocycles. The molecule has 0 saturated heterocycles. The zero-order chi connectivity index (χ0) is 8.39. The fraction of sp³-hybridized carbons (Fsp3) is 0.625. The van der Waals surface area contributed by atoms with Crippen LogP contribution in [0.3, 0.4) is 0 Å². The number of aromatic amines is 1. The van der Waals surface area contributed by atoms with Gasteiger partial charge in [0.25, 0.3) is 0 Å². The quantitative estimate of drug-likeness (QED) is 0.595. The molecule has 2 atom stereocenters. The highest BCUT2D eigenvalue weighted by atomic mass is 16.3. The Morgan fingerprint density at radius 2 is 2.58 bits per heavy atom. The van der Waals surface area contributed by atoms with Crippen molar-refractivity contribution >= 4 is 0 Å². The van der Waals surface area contributed by atoms with Gasteiger partial charge in [-0.25, -0.2) is 4.98 Å². The molecule has 1 aliphatic rings. The van der Waals surface area contributed by atoms with Crippen LogP contribution < -0.4 is 5.32 Å². The van der Waals surface area contributed by atoms with Crippen LogP contribution in [-0.2, 0) is 6.54 Å². The van der Waals surface area contributed by atoms with Crippen molar-refractivity contribution in [1.82, 2.24) is 15.3 Å². The van der Waals surface area contributed by atoms with Crippen LogP contribution in [0.2, 0.25) is 0 Å². The van der Waals surface area contributed by atoms with E-state index in [0.717, 1.165) is 18.7 Å². The highest BCUT2D eigenvalue weighted by molar-refractivity contribution is 4.91. The SMILES string of the molecule is O[C@@H]1CC[C@H]1NCc1ncc[nH]1. The minimum absolute atomic E-state index is 0.153. The summed E-state index contributed by atoms with van der Waals surface area (Å²) in [7, 11) is 0. The van der Waals surface area contributed by atoms with Crippen molar-refractivity contribution in [1.29, 1.82) is 0 Å². The van der Waals surface area contributed by atoms with Gasteiger partial charge in [0.05, 0.1) is 12.6 Å². The van der Waals surface area contributed by atoms with Crippen LogP contribution in [0.25, 0.3) is 0 Å². The molecule has 2 rings (SSSR count). The molecule has 0 aromatic carbocycles. The first-order valence-corrected chi connectivity index (χ1v) is 4.26. The van der Waals surface area contributed by atoms with Crippen molar-refractivity contribution in [2.24, 2.45) is 0 Å². The molecule has 0 spiro atoms. The molecule has 1 aliphatic carbocycles. The third-order valence-corrected chi connectivity index (χ3v) is 2.32. The zero-order valence-corrected chi connectivity index (χ0v) is 6.83. The average molecular weight is 167 g/mol. The summed E-state index contributed by atoms with van der Waals surface area (Å²) in [4.78, 5) is 7.07. The predicted octanol–water partition coefficient (Wildman–Crippen LogP) is 0.0226. The van der Waals surface area contributed by atoms with Crippen LogP contribution in [-0.4, -0.2) is 27.2 Å². The molecule has 1 heterocycles. The van der Waals surface area contributed by atoms with E-state index in [9.17, 15) is 5.11 Å². The second-order valence-corrected chi connectivity index (χ2v) is 3.17. The summed E-state index contributed by atoms with van der Waals surface area (Å²) in [6.07, 6.45) is 5.38. The van der Waals surface area contributed by atoms with E-state index in [-0.39, 0.29) is 12.1 Å². The molecule has 3 N–H and O–H groups in total. The maximum Gasteiger partial charge on any atom is 0.120 e. The monoisotopic (exact) mass is 167 g/mol. The van der Waals surface area contributed by atoms with Gasteiger partial charge in [-0.2, -0.15) is 0 Å². The number of aliphatic hydroxyl groups excluding tert-OH is 1. The Hall–Kier alpha value is -0.870. The van der Waals surface area contributed by atoms with Crippen LogP contribution in [0.4, 0.5) is 0 Å². The minimum atomic E-state index is -0.153. The lowest BCUT2D eigenvalue weighted by Gasteiger charge is -2.32. The number of aliphatic hydroxyl groups is 1. The first-order valence-electron chi connectivity index (χ1n) is 4.26. The summed E-state index contributed by atoms with van der Waals surface area (Å²) in [5.41, 5.74) is 0. The number of rotatable bonds is 3. The summed E-state index contributed by atoms with van der Waals surface area (Å²) in [6, 6.07) is 0.273. The van der Waals surface area contributed by atoms with Gasteiger partial charge in [0, 0.05) is 18.4 Å². The first kappa shape index (κ1) is 7.76. The molecule has 66 valence electrons. The van der Waals surface area contributed by atoms with Gasteiger partial charge in [0.2, 0.25) is 0 Å². The normalized spacial score (nSPS) is 28.4. The molecule has 1 saturated carbocycles. The van der Waals surface area contributed by atoms with E-state index >= 15 is 0 Å². The van der Waals surface area contributed by atoms with Crippen molar-refractivity contribution in [3.8, 4) is 0 Å². The Morgan fingerprint density at radius 1 is 1.67 bits per heavy atom. The Morgan fingerprint density at radius 3 is 3.08 bits per heavy atom. The van der Waals surface area contributed by atoms with Gasteiger partial charge >= 0.3 is 0 Å². The lowest BCUT2D eigenvalue weighted by molar-refractivity contribution is 0.0490. The van der Waals surface area contributed by atoms with E-state index in [1.165, 1.54) is 0 Å². The van der Waals surface area contributed by atoms with Crippen LogP contribution in [0.1, 0.15) is 18.7 Å². The summed E-state index contributed by atoms with van der Waals surface area (Å²) < 4.78 is 0. The highest BCUT2D eigenvalue weighted by Crippen LogP contribution is 2.19. The van der Waals surface area contributed by atoms with E-state index in [1.54, 1.807) is 12.4 Å². The van der Waals surface area contributed by atoms with E-state index in [2.05, 4.69) is 15.3 Å². The molecule has 1 aromatic heterocycles. The van der Waals surface area contributed by atoms with E-state index < -0.39 is 0 Å². The number of imidazole rings is 1. The van der Waals surface area contributed by atoms with Crippen LogP contribution in [0, 0.1) is 0 Å². The third-order valence-electron chi connectivity index (χ3n) is 2.32. The number of H-pyrrole nitrogens is 1. The van der Waals surface area contributed by atoms with Crippen LogP contribution in [0.15, 0.2) is 12.4 Å². The Kier molecular flexibility index (Phi) is 2.10. The molecule has 0 radical (unpaired) electrons. The van der Waals surface area contributed by atoms with Gasteiger partial charge in [-0.3, -0.25) is 0 Å². The number of nitrogens with one attached hydrogen (secondary N) is 2. The first-order chi connectivity index (χ1) is 5.86. The standard InChI is InChI=1S/C8H13N3O/c12-7-2-1-6(7)11-5-8-9-3-4-10-8/h3-4,6-7,11-12H,1-2,5H2,(H,9,10)/t6-,7-/m1/s1. The van der Waals surface area contributed by atoms with Gasteiger partial charge in [-0.05, 0) is 12.8 Å². The molecule has 12 heavy (non-hydrogen) atoms. The molecule has 0 amide bonds. The second-order valence-electron chi connectivity index (χ2n) is 3.17. The smallest absolute Gasteiger partial charge is 0.120 e. The molecule has 0 bridgehead atoms. The summed E-state index contributed by atoms with van der Waals surface area (Å²) in [6.45, 7) is 0.717. The Bertz CT molecular complexity index is 234. The second kappa shape index (κ2) is 3.25. The lowest BCUT2D eigenvalue weighted by atomic mass is 9.89. The fourth-order valence-corrected chi connectivity index (χ4v) is 1.34. The molecule has 0 unspecified atom stereocenters. The summed E-state index contributed by atoms with van der Waals surface area (Å²) in [5, 5.41) is 12.5. The predicted molar refractivity (Wildman–Crippen MR) is 44.5 cm³/mol. The van der Waals surface area contributed by atoms with Crippen molar-refractivity contribution < 1.29 is 5.11 Å². The largest absolute Gasteiger partial charge is 0.392 e. The molecular weight excluding hydrogens is 154 g/mol. The maximum atomic E-state index is 9.24. The Balaban J connectivity index is 1.75. The van der Waals surface area contributed by atoms with Crippen molar-refractivity contribution in [2.45, 2.75) is 31.5 Å². The topological polar surface area (TPSA) is 60.9 Å². The number of hydrogen-bond donors (Lipinski definition) is 3. The van der Waals surface area contributed by atoms with Crippen molar-refractivity contribution in [2.75, 3.05) is 0 Å². The average Bonchev–Trinajstić information content (AvgIpc) is 2.54. The highest BCUT2D eigenvalue weighted by Gasteiger charge is 2.27. The van der Waals surface area contributed by atoms with E-state index in [1.807, 2.05) is 0 Å². The maximum absolute atomic E-state index is 9.24. The fourth-order valence-electron chi connectivity index (χ4n) is 1.34. The summed E-state index contributed by atoms with van der Waals surface area (Å²) >= 11 is 0. The zero-order valence-electron chi connectivity index (χ0n) is 6.83. The third kappa shape index (κ3) is 1.49. The Labute approximate surface area is 71.0 Å².